The van der Waals surface area contributed by atoms with Crippen molar-refractivity contribution in [1.29, 1.82) is 0 Å². The van der Waals surface area contributed by atoms with Crippen LogP contribution in [0.2, 0.25) is 0 Å². The summed E-state index contributed by atoms with van der Waals surface area (Å²) in [5.41, 5.74) is 2.05. The molecule has 0 atom stereocenters. The Morgan fingerprint density at radius 3 is 2.50 bits per heavy atom. The second-order valence-electron chi connectivity index (χ2n) is 2.93. The molecule has 3 heteroatoms. The van der Waals surface area contributed by atoms with E-state index in [-0.39, 0.29) is 0 Å². The van der Waals surface area contributed by atoms with Crippen LogP contribution in [-0.2, 0) is 0 Å². The van der Waals surface area contributed by atoms with Crippen molar-refractivity contribution in [2.24, 2.45) is 0 Å². The van der Waals surface area contributed by atoms with E-state index >= 15 is 0 Å². The number of para-hydroxylation sites is 1. The highest BCUT2D eigenvalue weighted by Gasteiger charge is 1.93. The van der Waals surface area contributed by atoms with Gasteiger partial charge in [-0.15, -0.1) is 0 Å². The minimum absolute atomic E-state index is 0.711. The highest BCUT2D eigenvalue weighted by atomic mass is 32.1. The second-order valence-corrected chi connectivity index (χ2v) is 3.37. The Morgan fingerprint density at radius 1 is 1.29 bits per heavy atom. The van der Waals surface area contributed by atoms with Gasteiger partial charge in [-0.2, -0.15) is 0 Å². The molecule has 0 fully saturated rings. The fraction of sp³-hybridized carbons (Fsp3) is 0.182. The molecule has 14 heavy (non-hydrogen) atoms. The maximum Gasteiger partial charge on any atom is 0.105 e. The van der Waals surface area contributed by atoms with Crippen LogP contribution in [0, 0.1) is 0 Å². The maximum absolute atomic E-state index is 5.15. The highest BCUT2D eigenvalue weighted by molar-refractivity contribution is 7.81. The molecule has 74 valence electrons. The van der Waals surface area contributed by atoms with Crippen LogP contribution in [0.1, 0.15) is 6.92 Å². The molecule has 2 N–H and O–H groups in total. The molecule has 0 heterocycles. The van der Waals surface area contributed by atoms with Gasteiger partial charge in [-0.1, -0.05) is 30.4 Å². The molecule has 0 aliphatic carbocycles. The largest absolute Gasteiger partial charge is 0.392 e. The Labute approximate surface area is 90.0 Å². The van der Waals surface area contributed by atoms with Gasteiger partial charge in [-0.05, 0) is 25.1 Å². The summed E-state index contributed by atoms with van der Waals surface area (Å²) in [6.07, 6.45) is 1.89. The first-order valence-corrected chi connectivity index (χ1v) is 4.85. The van der Waals surface area contributed by atoms with Crippen molar-refractivity contribution in [3.05, 3.63) is 42.1 Å². The fourth-order valence-corrected chi connectivity index (χ4v) is 1.26. The number of thiocarbonyl (C=S) groups is 1. The lowest BCUT2D eigenvalue weighted by molar-refractivity contribution is 0.993. The van der Waals surface area contributed by atoms with Crippen molar-refractivity contribution in [2.45, 2.75) is 6.92 Å². The van der Waals surface area contributed by atoms with Crippen LogP contribution < -0.4 is 10.6 Å². The lowest BCUT2D eigenvalue weighted by Gasteiger charge is -2.05. The van der Waals surface area contributed by atoms with E-state index in [0.29, 0.717) is 4.99 Å². The number of hydrogen-bond acceptors (Lipinski definition) is 2. The molecule has 0 saturated carbocycles. The summed E-state index contributed by atoms with van der Waals surface area (Å²) in [7, 11) is 1.87. The van der Waals surface area contributed by atoms with E-state index in [0.717, 1.165) is 11.4 Å². The van der Waals surface area contributed by atoms with E-state index in [2.05, 4.69) is 10.6 Å². The molecule has 1 rings (SSSR count). The Hall–Kier alpha value is -1.35. The minimum atomic E-state index is 0.711. The molecule has 0 saturated heterocycles. The zero-order valence-corrected chi connectivity index (χ0v) is 9.19. The number of nitrogens with one attached hydrogen (secondary N) is 2. The predicted molar refractivity (Wildman–Crippen MR) is 65.5 cm³/mol. The van der Waals surface area contributed by atoms with E-state index in [4.69, 9.17) is 12.2 Å². The van der Waals surface area contributed by atoms with Gasteiger partial charge in [-0.3, -0.25) is 0 Å². The van der Waals surface area contributed by atoms with Crippen molar-refractivity contribution in [3.63, 3.8) is 0 Å². The third-order valence-electron chi connectivity index (χ3n) is 1.78. The SMILES string of the molecule is CNC(C)=CC(=S)Nc1ccccc1. The molecule has 0 spiro atoms. The van der Waals surface area contributed by atoms with E-state index in [9.17, 15) is 0 Å². The van der Waals surface area contributed by atoms with Crippen LogP contribution in [-0.4, -0.2) is 12.0 Å². The average molecular weight is 206 g/mol. The lowest BCUT2D eigenvalue weighted by atomic mass is 10.3. The molecule has 0 unspecified atom stereocenters. The first-order valence-electron chi connectivity index (χ1n) is 4.44. The smallest absolute Gasteiger partial charge is 0.105 e. The summed E-state index contributed by atoms with van der Waals surface area (Å²) >= 11 is 5.15. The Morgan fingerprint density at radius 2 is 1.93 bits per heavy atom. The molecule has 0 bridgehead atoms. The van der Waals surface area contributed by atoms with Crippen molar-refractivity contribution >= 4 is 22.9 Å². The Balaban J connectivity index is 2.58. The lowest BCUT2D eigenvalue weighted by Crippen LogP contribution is -2.10. The van der Waals surface area contributed by atoms with E-state index < -0.39 is 0 Å². The minimum Gasteiger partial charge on any atom is -0.392 e. The Kier molecular flexibility index (Phi) is 4.13. The zero-order valence-electron chi connectivity index (χ0n) is 8.37. The van der Waals surface area contributed by atoms with Gasteiger partial charge in [-0.25, -0.2) is 0 Å². The first-order chi connectivity index (χ1) is 6.72. The molecule has 0 aromatic heterocycles. The second kappa shape index (κ2) is 5.40. The Bertz CT molecular complexity index is 330. The molecule has 0 amide bonds. The fourth-order valence-electron chi connectivity index (χ4n) is 0.969. The van der Waals surface area contributed by atoms with Gasteiger partial charge in [0.15, 0.2) is 0 Å². The van der Waals surface area contributed by atoms with Gasteiger partial charge in [0.05, 0.1) is 0 Å². The van der Waals surface area contributed by atoms with E-state index in [1.165, 1.54) is 0 Å². The van der Waals surface area contributed by atoms with Crippen LogP contribution in [0.25, 0.3) is 0 Å². The van der Waals surface area contributed by atoms with Crippen LogP contribution in [0.15, 0.2) is 42.1 Å². The molecule has 1 aromatic carbocycles. The molecular weight excluding hydrogens is 192 g/mol. The summed E-state index contributed by atoms with van der Waals surface area (Å²) in [6.45, 7) is 1.97. The van der Waals surface area contributed by atoms with Crippen LogP contribution in [0.4, 0.5) is 5.69 Å². The van der Waals surface area contributed by atoms with E-state index in [1.807, 2.05) is 50.4 Å². The number of allylic oxidation sites excluding steroid dienone is 1. The number of hydrogen-bond donors (Lipinski definition) is 2. The van der Waals surface area contributed by atoms with Crippen LogP contribution >= 0.6 is 12.2 Å². The van der Waals surface area contributed by atoms with Gasteiger partial charge in [0.2, 0.25) is 0 Å². The summed E-state index contributed by atoms with van der Waals surface area (Å²) < 4.78 is 0. The monoisotopic (exact) mass is 206 g/mol. The molecule has 0 radical (unpaired) electrons. The number of rotatable bonds is 3. The van der Waals surface area contributed by atoms with E-state index in [1.54, 1.807) is 0 Å². The third kappa shape index (κ3) is 3.58. The quantitative estimate of drug-likeness (QED) is 0.587. The maximum atomic E-state index is 5.15. The zero-order chi connectivity index (χ0) is 10.4. The van der Waals surface area contributed by atoms with Crippen molar-refractivity contribution in [2.75, 3.05) is 12.4 Å². The van der Waals surface area contributed by atoms with Gasteiger partial charge in [0.1, 0.15) is 4.99 Å². The van der Waals surface area contributed by atoms with Gasteiger partial charge in [0.25, 0.3) is 0 Å². The molecule has 2 nitrogen and oxygen atoms in total. The molecular formula is C11H14N2S. The number of benzene rings is 1. The summed E-state index contributed by atoms with van der Waals surface area (Å²) in [6, 6.07) is 9.88. The molecule has 0 aliphatic rings. The van der Waals surface area contributed by atoms with Crippen molar-refractivity contribution in [1.82, 2.24) is 5.32 Å². The van der Waals surface area contributed by atoms with Gasteiger partial charge in [0, 0.05) is 18.4 Å². The van der Waals surface area contributed by atoms with Crippen molar-refractivity contribution in [3.8, 4) is 0 Å². The number of anilines is 1. The highest BCUT2D eigenvalue weighted by Crippen LogP contribution is 2.05. The summed E-state index contributed by atoms with van der Waals surface area (Å²) in [5, 5.41) is 6.14. The van der Waals surface area contributed by atoms with Gasteiger partial charge < -0.3 is 10.6 Å². The molecule has 1 aromatic rings. The first kappa shape index (κ1) is 10.7. The molecule has 0 aliphatic heterocycles. The third-order valence-corrected chi connectivity index (χ3v) is 2.00. The standard InChI is InChI=1S/C11H14N2S/c1-9(12-2)8-11(14)13-10-6-4-3-5-7-10/h3-8,12H,1-2H3,(H,13,14). The van der Waals surface area contributed by atoms with Crippen molar-refractivity contribution < 1.29 is 0 Å². The normalized spacial score (nSPS) is 10.9. The topological polar surface area (TPSA) is 24.1 Å². The average Bonchev–Trinajstić information content (AvgIpc) is 2.19. The van der Waals surface area contributed by atoms with Crippen LogP contribution in [0.5, 0.6) is 0 Å². The summed E-state index contributed by atoms with van der Waals surface area (Å²) in [4.78, 5) is 0.711. The van der Waals surface area contributed by atoms with Gasteiger partial charge >= 0.3 is 0 Å². The summed E-state index contributed by atoms with van der Waals surface area (Å²) in [5.74, 6) is 0. The van der Waals surface area contributed by atoms with Crippen LogP contribution in [0.3, 0.4) is 0 Å². The predicted octanol–water partition coefficient (Wildman–Crippen LogP) is 2.55.